The van der Waals surface area contributed by atoms with Gasteiger partial charge in [-0.05, 0) is 30.2 Å². The van der Waals surface area contributed by atoms with E-state index in [1.807, 2.05) is 29.2 Å². The molecule has 2 fully saturated rings. The first kappa shape index (κ1) is 24.5. The van der Waals surface area contributed by atoms with Crippen molar-refractivity contribution in [3.05, 3.63) is 53.9 Å². The molecular formula is C27H35N5O4. The Morgan fingerprint density at radius 1 is 1.14 bits per heavy atom. The molecule has 2 saturated heterocycles. The zero-order chi connectivity index (χ0) is 24.9. The number of amides is 2. The molecule has 0 aliphatic carbocycles. The van der Waals surface area contributed by atoms with E-state index in [2.05, 4.69) is 32.2 Å². The third kappa shape index (κ3) is 5.47. The van der Waals surface area contributed by atoms with E-state index in [0.29, 0.717) is 58.8 Å². The lowest BCUT2D eigenvalue weighted by Crippen LogP contribution is -2.62. The van der Waals surface area contributed by atoms with Crippen LogP contribution in [-0.2, 0) is 27.2 Å². The standard InChI is InChI=1S/C27H35N5O4/c1-35-22-6-5-20-16-23(27(34)29-9-7-21-4-2-3-8-28-21)25-18-30(10-11-32(25)24(20)17-22)19-26(33)31-12-14-36-15-13-31/h2-6,8,17,23,25H,7,9-16,18-19H2,1H3,(H,29,34)/t23-,25+/m1/s1. The fourth-order valence-corrected chi connectivity index (χ4v) is 5.50. The highest BCUT2D eigenvalue weighted by Gasteiger charge is 2.42. The Bertz CT molecular complexity index is 1060. The van der Waals surface area contributed by atoms with E-state index >= 15 is 0 Å². The summed E-state index contributed by atoms with van der Waals surface area (Å²) in [6.07, 6.45) is 3.14. The van der Waals surface area contributed by atoms with E-state index in [9.17, 15) is 9.59 Å². The van der Waals surface area contributed by atoms with Crippen LogP contribution in [0.15, 0.2) is 42.6 Å². The molecule has 3 aliphatic heterocycles. The Hall–Kier alpha value is -3.17. The number of carbonyl (C=O) groups excluding carboxylic acids is 2. The number of ether oxygens (including phenoxy) is 2. The molecule has 9 heteroatoms. The van der Waals surface area contributed by atoms with E-state index in [4.69, 9.17) is 9.47 Å². The minimum absolute atomic E-state index is 0.00862. The zero-order valence-corrected chi connectivity index (χ0v) is 20.9. The highest BCUT2D eigenvalue weighted by Crippen LogP contribution is 2.38. The summed E-state index contributed by atoms with van der Waals surface area (Å²) in [5.74, 6) is 0.816. The third-order valence-electron chi connectivity index (χ3n) is 7.47. The fraction of sp³-hybridized carbons (Fsp3) is 0.519. The van der Waals surface area contributed by atoms with Crippen molar-refractivity contribution >= 4 is 17.5 Å². The number of carbonyl (C=O) groups is 2. The summed E-state index contributed by atoms with van der Waals surface area (Å²) in [5.41, 5.74) is 3.26. The summed E-state index contributed by atoms with van der Waals surface area (Å²) in [5, 5.41) is 3.16. The molecule has 3 aliphatic rings. The number of hydrogen-bond donors (Lipinski definition) is 1. The Morgan fingerprint density at radius 2 is 2.00 bits per heavy atom. The molecule has 192 valence electrons. The number of aromatic nitrogens is 1. The lowest BCUT2D eigenvalue weighted by molar-refractivity contribution is -0.136. The summed E-state index contributed by atoms with van der Waals surface area (Å²) < 4.78 is 10.9. The number of methoxy groups -OCH3 is 1. The highest BCUT2D eigenvalue weighted by atomic mass is 16.5. The second-order valence-corrected chi connectivity index (χ2v) is 9.66. The SMILES string of the molecule is COc1ccc2c(c1)N1CCN(CC(=O)N3CCOCC3)C[C@H]1[C@H](C(=O)NCCc1ccccn1)C2. The van der Waals surface area contributed by atoms with Crippen LogP contribution in [0.1, 0.15) is 11.3 Å². The number of fused-ring (bicyclic) bond motifs is 3. The second kappa shape index (κ2) is 11.3. The van der Waals surface area contributed by atoms with Crippen molar-refractivity contribution in [2.24, 2.45) is 5.92 Å². The minimum atomic E-state index is -0.198. The van der Waals surface area contributed by atoms with E-state index < -0.39 is 0 Å². The predicted octanol–water partition coefficient (Wildman–Crippen LogP) is 0.971. The van der Waals surface area contributed by atoms with Gasteiger partial charge in [-0.15, -0.1) is 0 Å². The molecule has 0 radical (unpaired) electrons. The number of nitrogens with zero attached hydrogens (tertiary/aromatic N) is 4. The van der Waals surface area contributed by atoms with Crippen LogP contribution >= 0.6 is 0 Å². The average Bonchev–Trinajstić information content (AvgIpc) is 2.93. The van der Waals surface area contributed by atoms with Crippen LogP contribution in [0.25, 0.3) is 0 Å². The number of hydrogen-bond acceptors (Lipinski definition) is 7. The molecule has 1 aromatic carbocycles. The molecule has 1 N–H and O–H groups in total. The molecule has 0 spiro atoms. The molecule has 9 nitrogen and oxygen atoms in total. The Balaban J connectivity index is 1.29. The first-order valence-corrected chi connectivity index (χ1v) is 12.8. The van der Waals surface area contributed by atoms with Crippen molar-refractivity contribution < 1.29 is 19.1 Å². The van der Waals surface area contributed by atoms with Gasteiger partial charge in [0.15, 0.2) is 0 Å². The van der Waals surface area contributed by atoms with Crippen LogP contribution in [-0.4, -0.2) is 98.8 Å². The molecule has 0 bridgehead atoms. The summed E-state index contributed by atoms with van der Waals surface area (Å²) in [7, 11) is 1.68. The molecule has 2 amide bonds. The number of morpholine rings is 1. The topological polar surface area (TPSA) is 87.2 Å². The molecule has 2 aromatic rings. The van der Waals surface area contributed by atoms with Gasteiger partial charge in [0.1, 0.15) is 5.75 Å². The maximum Gasteiger partial charge on any atom is 0.236 e. The van der Waals surface area contributed by atoms with E-state index in [0.717, 1.165) is 35.8 Å². The van der Waals surface area contributed by atoms with E-state index in [1.165, 1.54) is 0 Å². The van der Waals surface area contributed by atoms with Crippen LogP contribution in [0.4, 0.5) is 5.69 Å². The average molecular weight is 494 g/mol. The van der Waals surface area contributed by atoms with Crippen molar-refractivity contribution in [2.45, 2.75) is 18.9 Å². The maximum atomic E-state index is 13.5. The first-order valence-electron chi connectivity index (χ1n) is 12.8. The van der Waals surface area contributed by atoms with Gasteiger partial charge in [0.05, 0.1) is 38.8 Å². The monoisotopic (exact) mass is 493 g/mol. The van der Waals surface area contributed by atoms with Gasteiger partial charge < -0.3 is 24.6 Å². The number of benzene rings is 1. The van der Waals surface area contributed by atoms with Gasteiger partial charge in [-0.25, -0.2) is 0 Å². The van der Waals surface area contributed by atoms with Crippen molar-refractivity contribution in [3.8, 4) is 5.75 Å². The predicted molar refractivity (Wildman–Crippen MR) is 136 cm³/mol. The van der Waals surface area contributed by atoms with Gasteiger partial charge >= 0.3 is 0 Å². The first-order chi connectivity index (χ1) is 17.6. The van der Waals surface area contributed by atoms with Gasteiger partial charge in [-0.3, -0.25) is 19.5 Å². The van der Waals surface area contributed by atoms with Gasteiger partial charge in [-0.2, -0.15) is 0 Å². The summed E-state index contributed by atoms with van der Waals surface area (Å²) in [6.45, 7) is 5.63. The van der Waals surface area contributed by atoms with Gasteiger partial charge in [0, 0.05) is 69.3 Å². The van der Waals surface area contributed by atoms with E-state index in [-0.39, 0.29) is 23.8 Å². The summed E-state index contributed by atoms with van der Waals surface area (Å²) in [4.78, 5) is 37.2. The normalized spacial score (nSPS) is 21.9. The van der Waals surface area contributed by atoms with Gasteiger partial charge in [-0.1, -0.05) is 12.1 Å². The molecule has 36 heavy (non-hydrogen) atoms. The third-order valence-corrected chi connectivity index (χ3v) is 7.47. The summed E-state index contributed by atoms with van der Waals surface area (Å²) >= 11 is 0. The van der Waals surface area contributed by atoms with Crippen LogP contribution in [0, 0.1) is 5.92 Å². The quantitative estimate of drug-likeness (QED) is 0.615. The van der Waals surface area contributed by atoms with Crippen molar-refractivity contribution in [1.82, 2.24) is 20.1 Å². The number of pyridine rings is 1. The van der Waals surface area contributed by atoms with Crippen LogP contribution in [0.3, 0.4) is 0 Å². The number of anilines is 1. The second-order valence-electron chi connectivity index (χ2n) is 9.66. The minimum Gasteiger partial charge on any atom is -0.497 e. The lowest BCUT2D eigenvalue weighted by Gasteiger charge is -2.49. The molecule has 0 unspecified atom stereocenters. The van der Waals surface area contributed by atoms with Crippen molar-refractivity contribution in [3.63, 3.8) is 0 Å². The largest absolute Gasteiger partial charge is 0.497 e. The Labute approximate surface area is 212 Å². The fourth-order valence-electron chi connectivity index (χ4n) is 5.50. The van der Waals surface area contributed by atoms with Gasteiger partial charge in [0.2, 0.25) is 11.8 Å². The molecule has 5 rings (SSSR count). The van der Waals surface area contributed by atoms with Crippen LogP contribution in [0.2, 0.25) is 0 Å². The summed E-state index contributed by atoms with van der Waals surface area (Å²) in [6, 6.07) is 11.9. The molecule has 1 aromatic heterocycles. The Kier molecular flexibility index (Phi) is 7.67. The van der Waals surface area contributed by atoms with Crippen LogP contribution < -0.4 is 15.0 Å². The maximum absolute atomic E-state index is 13.5. The van der Waals surface area contributed by atoms with E-state index in [1.54, 1.807) is 13.3 Å². The number of rotatable bonds is 7. The van der Waals surface area contributed by atoms with Crippen LogP contribution in [0.5, 0.6) is 5.75 Å². The number of nitrogens with one attached hydrogen (secondary N) is 1. The Morgan fingerprint density at radius 3 is 2.78 bits per heavy atom. The van der Waals surface area contributed by atoms with Crippen molar-refractivity contribution in [2.75, 3.05) is 71.0 Å². The number of piperazine rings is 1. The highest BCUT2D eigenvalue weighted by molar-refractivity contribution is 5.82. The smallest absolute Gasteiger partial charge is 0.236 e. The lowest BCUT2D eigenvalue weighted by atomic mass is 9.83. The van der Waals surface area contributed by atoms with Gasteiger partial charge in [0.25, 0.3) is 0 Å². The van der Waals surface area contributed by atoms with Crippen molar-refractivity contribution in [1.29, 1.82) is 0 Å². The molecule has 4 heterocycles. The zero-order valence-electron chi connectivity index (χ0n) is 20.9. The molecule has 2 atom stereocenters. The molecule has 0 saturated carbocycles. The molecular weight excluding hydrogens is 458 g/mol.